The lowest BCUT2D eigenvalue weighted by Gasteiger charge is -2.42. The van der Waals surface area contributed by atoms with E-state index in [9.17, 15) is 4.79 Å². The normalized spacial score (nSPS) is 22.5. The second-order valence-corrected chi connectivity index (χ2v) is 8.80. The summed E-state index contributed by atoms with van der Waals surface area (Å²) in [5.41, 5.74) is 1.43. The number of amides is 1. The van der Waals surface area contributed by atoms with E-state index in [2.05, 4.69) is 66.5 Å². The van der Waals surface area contributed by atoms with Gasteiger partial charge in [-0.1, -0.05) is 49.6 Å². The lowest BCUT2D eigenvalue weighted by Crippen LogP contribution is -2.53. The Bertz CT molecular complexity index is 589. The van der Waals surface area contributed by atoms with Crippen molar-refractivity contribution in [2.45, 2.75) is 69.4 Å². The van der Waals surface area contributed by atoms with Crippen LogP contribution in [0.25, 0.3) is 0 Å². The smallest absolute Gasteiger partial charge is 0.237 e. The van der Waals surface area contributed by atoms with Crippen LogP contribution in [0.4, 0.5) is 0 Å². The van der Waals surface area contributed by atoms with Gasteiger partial charge in [-0.25, -0.2) is 0 Å². The second-order valence-electron chi connectivity index (χ2n) is 8.80. The molecule has 0 bridgehead atoms. The zero-order chi connectivity index (χ0) is 19.3. The highest BCUT2D eigenvalue weighted by molar-refractivity contribution is 5.81. The fraction of sp³-hybridized carbons (Fsp3) is 0.696. The Kier molecular flexibility index (Phi) is 6.93. The van der Waals surface area contributed by atoms with E-state index in [1.54, 1.807) is 0 Å². The SMILES string of the molecule is C[C@H](C(=O)NCC1(c2ccccc2)CCN(C)CC1)N(C)C1CCCCC1. The summed E-state index contributed by atoms with van der Waals surface area (Å²) in [6.07, 6.45) is 8.60. The second kappa shape index (κ2) is 9.20. The molecular weight excluding hydrogens is 334 g/mol. The Morgan fingerprint density at radius 1 is 1.19 bits per heavy atom. The number of likely N-dealkylation sites (tertiary alicyclic amines) is 1. The maximum absolute atomic E-state index is 12.9. The van der Waals surface area contributed by atoms with Gasteiger partial charge < -0.3 is 10.2 Å². The molecule has 2 aliphatic rings. The van der Waals surface area contributed by atoms with Crippen molar-refractivity contribution in [1.82, 2.24) is 15.1 Å². The minimum Gasteiger partial charge on any atom is -0.354 e. The summed E-state index contributed by atoms with van der Waals surface area (Å²) < 4.78 is 0. The molecule has 2 fully saturated rings. The molecule has 1 atom stereocenters. The van der Waals surface area contributed by atoms with Gasteiger partial charge in [0, 0.05) is 18.0 Å². The number of benzene rings is 1. The van der Waals surface area contributed by atoms with Crippen LogP contribution in [0.1, 0.15) is 57.4 Å². The highest BCUT2D eigenvalue weighted by atomic mass is 16.2. The summed E-state index contributed by atoms with van der Waals surface area (Å²) in [5.74, 6) is 0.178. The van der Waals surface area contributed by atoms with Crippen molar-refractivity contribution < 1.29 is 4.79 Å². The Morgan fingerprint density at radius 2 is 1.81 bits per heavy atom. The molecular formula is C23H37N3O. The number of nitrogens with one attached hydrogen (secondary N) is 1. The standard InChI is InChI=1S/C23H37N3O/c1-19(26(3)21-12-8-5-9-13-21)22(27)24-18-23(14-16-25(2)17-15-23)20-10-6-4-7-11-20/h4,6-7,10-11,19,21H,5,8-9,12-18H2,1-3H3,(H,24,27)/t19-/m1/s1. The van der Waals surface area contributed by atoms with Gasteiger partial charge in [0.25, 0.3) is 0 Å². The summed E-state index contributed by atoms with van der Waals surface area (Å²) in [6, 6.07) is 11.3. The zero-order valence-corrected chi connectivity index (χ0v) is 17.4. The molecule has 0 spiro atoms. The van der Waals surface area contributed by atoms with Crippen LogP contribution in [0.15, 0.2) is 30.3 Å². The van der Waals surface area contributed by atoms with Crippen molar-refractivity contribution in [2.24, 2.45) is 0 Å². The van der Waals surface area contributed by atoms with E-state index in [-0.39, 0.29) is 17.4 Å². The Labute approximate surface area is 165 Å². The molecule has 0 unspecified atom stereocenters. The van der Waals surface area contributed by atoms with Gasteiger partial charge >= 0.3 is 0 Å². The van der Waals surface area contributed by atoms with Crippen molar-refractivity contribution in [3.8, 4) is 0 Å². The zero-order valence-electron chi connectivity index (χ0n) is 17.4. The van der Waals surface area contributed by atoms with Gasteiger partial charge in [0.15, 0.2) is 0 Å². The first-order valence-corrected chi connectivity index (χ1v) is 10.8. The number of hydrogen-bond donors (Lipinski definition) is 1. The molecule has 3 rings (SSSR count). The number of hydrogen-bond acceptors (Lipinski definition) is 3. The minimum atomic E-state index is -0.0628. The fourth-order valence-electron chi connectivity index (χ4n) is 4.80. The van der Waals surface area contributed by atoms with Gasteiger partial charge in [-0.15, -0.1) is 0 Å². The lowest BCUT2D eigenvalue weighted by atomic mass is 9.72. The summed E-state index contributed by atoms with van der Waals surface area (Å²) in [7, 11) is 4.32. The number of carbonyl (C=O) groups is 1. The molecule has 1 N–H and O–H groups in total. The van der Waals surface area contributed by atoms with E-state index >= 15 is 0 Å². The first-order chi connectivity index (χ1) is 13.0. The molecule has 1 aliphatic heterocycles. The van der Waals surface area contributed by atoms with E-state index in [0.29, 0.717) is 6.04 Å². The molecule has 1 aromatic carbocycles. The molecule has 150 valence electrons. The molecule has 1 heterocycles. The Hall–Kier alpha value is -1.39. The molecule has 1 amide bonds. The van der Waals surface area contributed by atoms with Gasteiger partial charge in [-0.3, -0.25) is 9.69 Å². The maximum Gasteiger partial charge on any atom is 0.237 e. The average Bonchev–Trinajstić information content (AvgIpc) is 2.73. The molecule has 0 radical (unpaired) electrons. The molecule has 4 nitrogen and oxygen atoms in total. The van der Waals surface area contributed by atoms with E-state index in [1.807, 2.05) is 0 Å². The largest absolute Gasteiger partial charge is 0.354 e. The molecule has 0 aromatic heterocycles. The van der Waals surface area contributed by atoms with E-state index in [4.69, 9.17) is 0 Å². The van der Waals surface area contributed by atoms with E-state index in [1.165, 1.54) is 37.7 Å². The van der Waals surface area contributed by atoms with E-state index in [0.717, 1.165) is 32.5 Å². The van der Waals surface area contributed by atoms with Crippen LogP contribution in [0.5, 0.6) is 0 Å². The van der Waals surface area contributed by atoms with Crippen LogP contribution in [0.2, 0.25) is 0 Å². The number of rotatable bonds is 6. The first-order valence-electron chi connectivity index (χ1n) is 10.8. The average molecular weight is 372 g/mol. The van der Waals surface area contributed by atoms with Crippen molar-refractivity contribution in [2.75, 3.05) is 33.7 Å². The van der Waals surface area contributed by atoms with Gasteiger partial charge in [-0.05, 0) is 65.4 Å². The van der Waals surface area contributed by atoms with Crippen molar-refractivity contribution in [3.05, 3.63) is 35.9 Å². The number of nitrogens with zero attached hydrogens (tertiary/aromatic N) is 2. The number of piperidine rings is 1. The van der Waals surface area contributed by atoms with Crippen LogP contribution >= 0.6 is 0 Å². The topological polar surface area (TPSA) is 35.6 Å². The maximum atomic E-state index is 12.9. The highest BCUT2D eigenvalue weighted by Crippen LogP contribution is 2.34. The minimum absolute atomic E-state index is 0.0621. The number of likely N-dealkylation sites (N-methyl/N-ethyl adjacent to an activating group) is 1. The first kappa shape index (κ1) is 20.3. The third-order valence-electron chi connectivity index (χ3n) is 7.07. The van der Waals surface area contributed by atoms with Crippen molar-refractivity contribution >= 4 is 5.91 Å². The van der Waals surface area contributed by atoms with Crippen LogP contribution in [-0.4, -0.2) is 61.5 Å². The summed E-state index contributed by atoms with van der Waals surface area (Å²) >= 11 is 0. The van der Waals surface area contributed by atoms with Gasteiger partial charge in [-0.2, -0.15) is 0 Å². The fourth-order valence-corrected chi connectivity index (χ4v) is 4.80. The van der Waals surface area contributed by atoms with Gasteiger partial charge in [0.05, 0.1) is 6.04 Å². The monoisotopic (exact) mass is 371 g/mol. The summed E-state index contributed by atoms with van der Waals surface area (Å²) in [5, 5.41) is 3.33. The molecule has 1 saturated heterocycles. The molecule has 4 heteroatoms. The van der Waals surface area contributed by atoms with Gasteiger partial charge in [0.1, 0.15) is 0 Å². The quantitative estimate of drug-likeness (QED) is 0.832. The predicted octanol–water partition coefficient (Wildman–Crippen LogP) is 3.42. The third kappa shape index (κ3) is 4.91. The van der Waals surface area contributed by atoms with E-state index < -0.39 is 0 Å². The predicted molar refractivity (Wildman–Crippen MR) is 112 cm³/mol. The third-order valence-corrected chi connectivity index (χ3v) is 7.07. The molecule has 27 heavy (non-hydrogen) atoms. The summed E-state index contributed by atoms with van der Waals surface area (Å²) in [6.45, 7) is 4.98. The highest BCUT2D eigenvalue weighted by Gasteiger charge is 2.36. The molecule has 1 aliphatic carbocycles. The molecule has 1 aromatic rings. The Balaban J connectivity index is 1.63. The van der Waals surface area contributed by atoms with Crippen LogP contribution in [0.3, 0.4) is 0 Å². The van der Waals surface area contributed by atoms with Crippen LogP contribution in [0, 0.1) is 0 Å². The Morgan fingerprint density at radius 3 is 2.44 bits per heavy atom. The summed E-state index contributed by atoms with van der Waals surface area (Å²) in [4.78, 5) is 17.6. The number of carbonyl (C=O) groups excluding carboxylic acids is 1. The lowest BCUT2D eigenvalue weighted by molar-refractivity contribution is -0.126. The van der Waals surface area contributed by atoms with Crippen LogP contribution in [-0.2, 0) is 10.2 Å². The van der Waals surface area contributed by atoms with Gasteiger partial charge in [0.2, 0.25) is 5.91 Å². The van der Waals surface area contributed by atoms with Crippen molar-refractivity contribution in [1.29, 1.82) is 0 Å². The van der Waals surface area contributed by atoms with Crippen molar-refractivity contribution in [3.63, 3.8) is 0 Å². The van der Waals surface area contributed by atoms with Crippen LogP contribution < -0.4 is 5.32 Å². The molecule has 1 saturated carbocycles.